The standard InChI is InChI=1S/C22H17F2N5/c23-16-6-3-14(4-7-16)18-9-5-15(13-25)22(29-18)26-11-1-2-21-27-19-10-8-17(24)12-20(19)28-21/h3-10,12H,1-2,11H2,(H,26,29)(H,27,28). The molecule has 0 saturated carbocycles. The number of fused-ring (bicyclic) bond motifs is 1. The Morgan fingerprint density at radius 3 is 2.55 bits per heavy atom. The average molecular weight is 389 g/mol. The van der Waals surface area contributed by atoms with Crippen LogP contribution in [0.1, 0.15) is 17.8 Å². The van der Waals surface area contributed by atoms with Crippen molar-refractivity contribution in [2.45, 2.75) is 12.8 Å². The van der Waals surface area contributed by atoms with Crippen LogP contribution in [0.2, 0.25) is 0 Å². The highest BCUT2D eigenvalue weighted by Crippen LogP contribution is 2.22. The molecule has 2 N–H and O–H groups in total. The van der Waals surface area contributed by atoms with Gasteiger partial charge in [-0.3, -0.25) is 0 Å². The van der Waals surface area contributed by atoms with E-state index in [1.165, 1.54) is 24.3 Å². The first-order valence-corrected chi connectivity index (χ1v) is 9.17. The number of halogens is 2. The van der Waals surface area contributed by atoms with Gasteiger partial charge in [-0.1, -0.05) is 0 Å². The summed E-state index contributed by atoms with van der Waals surface area (Å²) in [7, 11) is 0. The molecule has 0 unspecified atom stereocenters. The zero-order valence-electron chi connectivity index (χ0n) is 15.4. The Morgan fingerprint density at radius 1 is 0.966 bits per heavy atom. The number of pyridine rings is 1. The number of benzene rings is 2. The SMILES string of the molecule is N#Cc1ccc(-c2ccc(F)cc2)nc1NCCCc1nc2ccc(F)cc2[nH]1. The Bertz CT molecular complexity index is 1190. The molecule has 0 radical (unpaired) electrons. The molecule has 4 aromatic rings. The normalized spacial score (nSPS) is 10.8. The van der Waals surface area contributed by atoms with Crippen LogP contribution in [0.5, 0.6) is 0 Å². The minimum atomic E-state index is -0.311. The second-order valence-electron chi connectivity index (χ2n) is 6.59. The van der Waals surface area contributed by atoms with E-state index in [9.17, 15) is 14.0 Å². The molecule has 7 heteroatoms. The van der Waals surface area contributed by atoms with Crippen LogP contribution in [0.15, 0.2) is 54.6 Å². The van der Waals surface area contributed by atoms with Gasteiger partial charge in [0.05, 0.1) is 22.3 Å². The van der Waals surface area contributed by atoms with Gasteiger partial charge in [-0.05, 0) is 61.0 Å². The fraction of sp³-hybridized carbons (Fsp3) is 0.136. The van der Waals surface area contributed by atoms with Crippen LogP contribution in [0.4, 0.5) is 14.6 Å². The summed E-state index contributed by atoms with van der Waals surface area (Å²) in [4.78, 5) is 12.1. The number of nitriles is 1. The Kier molecular flexibility index (Phi) is 5.16. The predicted molar refractivity (Wildman–Crippen MR) is 107 cm³/mol. The van der Waals surface area contributed by atoms with E-state index >= 15 is 0 Å². The van der Waals surface area contributed by atoms with Crippen LogP contribution >= 0.6 is 0 Å². The minimum absolute atomic E-state index is 0.300. The summed E-state index contributed by atoms with van der Waals surface area (Å²) >= 11 is 0. The number of H-pyrrole nitrogens is 1. The van der Waals surface area contributed by atoms with E-state index < -0.39 is 0 Å². The number of aromatic nitrogens is 3. The zero-order chi connectivity index (χ0) is 20.2. The lowest BCUT2D eigenvalue weighted by atomic mass is 10.1. The number of aryl methyl sites for hydroxylation is 1. The predicted octanol–water partition coefficient (Wildman–Crippen LogP) is 4.82. The van der Waals surface area contributed by atoms with Gasteiger partial charge >= 0.3 is 0 Å². The third-order valence-corrected chi connectivity index (χ3v) is 4.53. The van der Waals surface area contributed by atoms with Crippen LogP contribution < -0.4 is 5.32 Å². The summed E-state index contributed by atoms with van der Waals surface area (Å²) in [6.07, 6.45) is 1.42. The Labute approximate surface area is 166 Å². The molecule has 0 amide bonds. The highest BCUT2D eigenvalue weighted by Gasteiger charge is 2.08. The molecular weight excluding hydrogens is 372 g/mol. The molecule has 0 aliphatic heterocycles. The van der Waals surface area contributed by atoms with Crippen molar-refractivity contribution in [1.29, 1.82) is 5.26 Å². The highest BCUT2D eigenvalue weighted by atomic mass is 19.1. The van der Waals surface area contributed by atoms with E-state index in [1.54, 1.807) is 30.3 Å². The summed E-state index contributed by atoms with van der Waals surface area (Å²) in [6.45, 7) is 0.583. The van der Waals surface area contributed by atoms with Crippen molar-refractivity contribution in [3.8, 4) is 17.3 Å². The molecule has 0 aliphatic rings. The van der Waals surface area contributed by atoms with Crippen LogP contribution in [-0.2, 0) is 6.42 Å². The van der Waals surface area contributed by atoms with Crippen molar-refractivity contribution in [2.24, 2.45) is 0 Å². The van der Waals surface area contributed by atoms with Gasteiger partial charge < -0.3 is 10.3 Å². The number of anilines is 1. The van der Waals surface area contributed by atoms with Crippen LogP contribution in [0.3, 0.4) is 0 Å². The summed E-state index contributed by atoms with van der Waals surface area (Å²) in [5.74, 6) is 0.654. The quantitative estimate of drug-likeness (QED) is 0.464. The molecule has 0 fully saturated rings. The van der Waals surface area contributed by atoms with E-state index in [4.69, 9.17) is 0 Å². The van der Waals surface area contributed by atoms with Crippen LogP contribution in [0, 0.1) is 23.0 Å². The van der Waals surface area contributed by atoms with Gasteiger partial charge in [-0.25, -0.2) is 18.7 Å². The minimum Gasteiger partial charge on any atom is -0.369 e. The number of hydrogen-bond acceptors (Lipinski definition) is 4. The van der Waals surface area contributed by atoms with Gasteiger partial charge in [0, 0.05) is 18.5 Å². The molecule has 144 valence electrons. The molecule has 2 heterocycles. The zero-order valence-corrected chi connectivity index (χ0v) is 15.4. The molecule has 5 nitrogen and oxygen atoms in total. The second kappa shape index (κ2) is 8.07. The lowest BCUT2D eigenvalue weighted by Crippen LogP contribution is -2.07. The number of imidazole rings is 1. The van der Waals surface area contributed by atoms with Crippen molar-refractivity contribution in [2.75, 3.05) is 11.9 Å². The Hall–Kier alpha value is -3.79. The monoisotopic (exact) mass is 389 g/mol. The lowest BCUT2D eigenvalue weighted by molar-refractivity contribution is 0.628. The fourth-order valence-corrected chi connectivity index (χ4v) is 3.08. The van der Waals surface area contributed by atoms with Crippen molar-refractivity contribution in [3.63, 3.8) is 0 Å². The van der Waals surface area contributed by atoms with Crippen molar-refractivity contribution < 1.29 is 8.78 Å². The molecule has 0 bridgehead atoms. The van der Waals surface area contributed by atoms with E-state index in [0.717, 1.165) is 23.3 Å². The molecule has 0 saturated heterocycles. The largest absolute Gasteiger partial charge is 0.369 e. The molecule has 4 rings (SSSR count). The first kappa shape index (κ1) is 18.6. The maximum absolute atomic E-state index is 13.3. The van der Waals surface area contributed by atoms with Gasteiger partial charge in [-0.2, -0.15) is 5.26 Å². The maximum atomic E-state index is 13.3. The summed E-state index contributed by atoms with van der Waals surface area (Å²) < 4.78 is 26.4. The number of hydrogen-bond donors (Lipinski definition) is 2. The number of nitrogens with one attached hydrogen (secondary N) is 2. The van der Waals surface area contributed by atoms with Gasteiger partial charge in [0.2, 0.25) is 0 Å². The smallest absolute Gasteiger partial charge is 0.144 e. The molecule has 29 heavy (non-hydrogen) atoms. The molecule has 2 aromatic carbocycles. The number of aromatic amines is 1. The summed E-state index contributed by atoms with van der Waals surface area (Å²) in [5, 5.41) is 12.5. The second-order valence-corrected chi connectivity index (χ2v) is 6.59. The summed E-state index contributed by atoms with van der Waals surface area (Å²) in [5.41, 5.74) is 3.28. The van der Waals surface area contributed by atoms with E-state index in [2.05, 4.69) is 26.3 Å². The van der Waals surface area contributed by atoms with Crippen LogP contribution in [0.25, 0.3) is 22.3 Å². The topological polar surface area (TPSA) is 77.4 Å². The van der Waals surface area contributed by atoms with Gasteiger partial charge in [0.25, 0.3) is 0 Å². The van der Waals surface area contributed by atoms with Gasteiger partial charge in [0.15, 0.2) is 0 Å². The molecule has 0 atom stereocenters. The first-order valence-electron chi connectivity index (χ1n) is 9.17. The Balaban J connectivity index is 1.42. The lowest BCUT2D eigenvalue weighted by Gasteiger charge is -2.09. The molecule has 0 spiro atoms. The number of rotatable bonds is 6. The van der Waals surface area contributed by atoms with E-state index in [-0.39, 0.29) is 11.6 Å². The van der Waals surface area contributed by atoms with E-state index in [0.29, 0.717) is 35.6 Å². The first-order chi connectivity index (χ1) is 14.1. The average Bonchev–Trinajstić information content (AvgIpc) is 3.13. The van der Waals surface area contributed by atoms with Crippen molar-refractivity contribution in [3.05, 3.63) is 77.6 Å². The summed E-state index contributed by atoms with van der Waals surface area (Å²) in [6, 6.07) is 16.1. The van der Waals surface area contributed by atoms with Crippen molar-refractivity contribution in [1.82, 2.24) is 15.0 Å². The Morgan fingerprint density at radius 2 is 1.76 bits per heavy atom. The highest BCUT2D eigenvalue weighted by molar-refractivity contribution is 5.74. The van der Waals surface area contributed by atoms with Crippen LogP contribution in [-0.4, -0.2) is 21.5 Å². The maximum Gasteiger partial charge on any atom is 0.144 e. The number of nitrogens with zero attached hydrogens (tertiary/aromatic N) is 3. The molecule has 2 aromatic heterocycles. The van der Waals surface area contributed by atoms with Gasteiger partial charge in [0.1, 0.15) is 29.3 Å². The third kappa shape index (κ3) is 4.22. The molecular formula is C22H17F2N5. The van der Waals surface area contributed by atoms with Crippen molar-refractivity contribution >= 4 is 16.9 Å². The molecule has 0 aliphatic carbocycles. The third-order valence-electron chi connectivity index (χ3n) is 4.53. The van der Waals surface area contributed by atoms with E-state index in [1.807, 2.05) is 0 Å². The fourth-order valence-electron chi connectivity index (χ4n) is 3.08. The van der Waals surface area contributed by atoms with Gasteiger partial charge in [-0.15, -0.1) is 0 Å².